The number of fused-ring (bicyclic) bond motifs is 1. The minimum absolute atomic E-state index is 0.457. The summed E-state index contributed by atoms with van der Waals surface area (Å²) < 4.78 is 2.32. The number of alkyl halides is 1. The third-order valence-electron chi connectivity index (χ3n) is 4.28. The van der Waals surface area contributed by atoms with Crippen molar-refractivity contribution in [3.63, 3.8) is 0 Å². The molecule has 1 fully saturated rings. The molecule has 0 spiro atoms. The van der Waals surface area contributed by atoms with Crippen molar-refractivity contribution in [1.82, 2.24) is 14.5 Å². The van der Waals surface area contributed by atoms with Crippen LogP contribution in [0.25, 0.3) is 11.0 Å². The number of hydrogen-bond acceptors (Lipinski definition) is 3. The van der Waals surface area contributed by atoms with Crippen LogP contribution in [0.4, 0.5) is 0 Å². The number of imidazole rings is 1. The van der Waals surface area contributed by atoms with Gasteiger partial charge in [-0.05, 0) is 45.1 Å². The Bertz CT molecular complexity index is 677. The monoisotopic (exact) mass is 302 g/mol. The fraction of sp³-hybridized carbons (Fsp3) is 0.500. The standard InChI is InChI=1S/C16H19ClN4/c1-20-9-6-13(7-10-20)21-14-4-2-3-12(11-18)16(14)19-15(21)5-8-17/h2-4,13H,5-10H2,1H3. The summed E-state index contributed by atoms with van der Waals surface area (Å²) in [5.74, 6) is 1.56. The summed E-state index contributed by atoms with van der Waals surface area (Å²) in [5, 5.41) is 9.28. The number of benzene rings is 1. The van der Waals surface area contributed by atoms with Crippen LogP contribution in [-0.2, 0) is 6.42 Å². The lowest BCUT2D eigenvalue weighted by molar-refractivity contribution is 0.221. The summed E-state index contributed by atoms with van der Waals surface area (Å²) in [6.07, 6.45) is 2.98. The maximum Gasteiger partial charge on any atom is 0.111 e. The van der Waals surface area contributed by atoms with E-state index in [9.17, 15) is 5.26 Å². The Hall–Kier alpha value is -1.57. The molecule has 0 unspecified atom stereocenters. The molecule has 1 saturated heterocycles. The number of aryl methyl sites for hydroxylation is 1. The number of para-hydroxylation sites is 1. The van der Waals surface area contributed by atoms with E-state index >= 15 is 0 Å². The first-order valence-corrected chi connectivity index (χ1v) is 7.92. The second-order valence-corrected chi connectivity index (χ2v) is 6.03. The molecule has 21 heavy (non-hydrogen) atoms. The Kier molecular flexibility index (Phi) is 4.14. The predicted octanol–water partition coefficient (Wildman–Crippen LogP) is 2.96. The highest BCUT2D eigenvalue weighted by Crippen LogP contribution is 2.30. The summed E-state index contributed by atoms with van der Waals surface area (Å²) in [5.41, 5.74) is 2.54. The van der Waals surface area contributed by atoms with Crippen LogP contribution in [0.15, 0.2) is 18.2 Å². The molecule has 5 heteroatoms. The van der Waals surface area contributed by atoms with Gasteiger partial charge in [-0.2, -0.15) is 5.26 Å². The summed E-state index contributed by atoms with van der Waals surface area (Å²) in [7, 11) is 2.16. The first-order chi connectivity index (χ1) is 10.2. The highest BCUT2D eigenvalue weighted by atomic mass is 35.5. The molecule has 1 aliphatic heterocycles. The van der Waals surface area contributed by atoms with E-state index in [0.29, 0.717) is 17.5 Å². The summed E-state index contributed by atoms with van der Waals surface area (Å²) in [6.45, 7) is 2.20. The summed E-state index contributed by atoms with van der Waals surface area (Å²) >= 11 is 5.94. The van der Waals surface area contributed by atoms with Gasteiger partial charge in [-0.15, -0.1) is 11.6 Å². The molecule has 3 rings (SSSR count). The van der Waals surface area contributed by atoms with Crippen LogP contribution in [0.3, 0.4) is 0 Å². The lowest BCUT2D eigenvalue weighted by atomic mass is 10.0. The van der Waals surface area contributed by atoms with Crippen molar-refractivity contribution in [2.45, 2.75) is 25.3 Å². The maximum atomic E-state index is 9.28. The highest BCUT2D eigenvalue weighted by molar-refractivity contribution is 6.17. The van der Waals surface area contributed by atoms with Gasteiger partial charge in [-0.1, -0.05) is 6.07 Å². The number of piperidine rings is 1. The zero-order chi connectivity index (χ0) is 14.8. The molecular weight excluding hydrogens is 284 g/mol. The molecule has 2 heterocycles. The van der Waals surface area contributed by atoms with Crippen molar-refractivity contribution in [3.05, 3.63) is 29.6 Å². The Labute approximate surface area is 129 Å². The van der Waals surface area contributed by atoms with Gasteiger partial charge in [0.25, 0.3) is 0 Å². The van der Waals surface area contributed by atoms with Gasteiger partial charge in [-0.3, -0.25) is 0 Å². The van der Waals surface area contributed by atoms with E-state index in [-0.39, 0.29) is 0 Å². The van der Waals surface area contributed by atoms with Crippen molar-refractivity contribution in [1.29, 1.82) is 5.26 Å². The molecular formula is C16H19ClN4. The fourth-order valence-electron chi connectivity index (χ4n) is 3.18. The Balaban J connectivity index is 2.10. The molecule has 0 radical (unpaired) electrons. The van der Waals surface area contributed by atoms with E-state index in [4.69, 9.17) is 16.6 Å². The summed E-state index contributed by atoms with van der Waals surface area (Å²) in [6, 6.07) is 8.55. The van der Waals surface area contributed by atoms with Gasteiger partial charge in [0, 0.05) is 18.3 Å². The topological polar surface area (TPSA) is 44.9 Å². The molecule has 0 aliphatic carbocycles. The van der Waals surface area contributed by atoms with Crippen LogP contribution in [0.5, 0.6) is 0 Å². The third kappa shape index (κ3) is 2.64. The van der Waals surface area contributed by atoms with Crippen LogP contribution >= 0.6 is 11.6 Å². The first kappa shape index (κ1) is 14.4. The van der Waals surface area contributed by atoms with Gasteiger partial charge in [0.15, 0.2) is 0 Å². The van der Waals surface area contributed by atoms with Crippen molar-refractivity contribution >= 4 is 22.6 Å². The number of likely N-dealkylation sites (tertiary alicyclic amines) is 1. The third-order valence-corrected chi connectivity index (χ3v) is 4.47. The molecule has 0 N–H and O–H groups in total. The van der Waals surface area contributed by atoms with Gasteiger partial charge < -0.3 is 9.47 Å². The van der Waals surface area contributed by atoms with E-state index in [0.717, 1.165) is 49.2 Å². The van der Waals surface area contributed by atoms with Crippen molar-refractivity contribution in [2.75, 3.05) is 26.0 Å². The smallest absolute Gasteiger partial charge is 0.111 e. The highest BCUT2D eigenvalue weighted by Gasteiger charge is 2.23. The van der Waals surface area contributed by atoms with Gasteiger partial charge in [0.2, 0.25) is 0 Å². The Morgan fingerprint density at radius 2 is 2.14 bits per heavy atom. The molecule has 0 bridgehead atoms. The molecule has 1 aromatic heterocycles. The molecule has 110 valence electrons. The first-order valence-electron chi connectivity index (χ1n) is 7.39. The van der Waals surface area contributed by atoms with Gasteiger partial charge in [-0.25, -0.2) is 4.98 Å². The Morgan fingerprint density at radius 3 is 2.81 bits per heavy atom. The number of aromatic nitrogens is 2. The predicted molar refractivity (Wildman–Crippen MR) is 84.6 cm³/mol. The SMILES string of the molecule is CN1CCC(n2c(CCCl)nc3c(C#N)cccc32)CC1. The van der Waals surface area contributed by atoms with Crippen molar-refractivity contribution in [2.24, 2.45) is 0 Å². The van der Waals surface area contributed by atoms with E-state index in [1.54, 1.807) is 0 Å². The number of halogens is 1. The van der Waals surface area contributed by atoms with Crippen LogP contribution in [0, 0.1) is 11.3 Å². The molecule has 1 aliphatic rings. The van der Waals surface area contributed by atoms with Gasteiger partial charge >= 0.3 is 0 Å². The summed E-state index contributed by atoms with van der Waals surface area (Å²) in [4.78, 5) is 7.07. The molecule has 1 aromatic carbocycles. The van der Waals surface area contributed by atoms with Crippen LogP contribution in [0.2, 0.25) is 0 Å². The van der Waals surface area contributed by atoms with E-state index in [1.165, 1.54) is 0 Å². The van der Waals surface area contributed by atoms with Crippen LogP contribution in [0.1, 0.15) is 30.3 Å². The Morgan fingerprint density at radius 1 is 1.38 bits per heavy atom. The molecule has 0 amide bonds. The molecule has 4 nitrogen and oxygen atoms in total. The van der Waals surface area contributed by atoms with Crippen molar-refractivity contribution < 1.29 is 0 Å². The van der Waals surface area contributed by atoms with E-state index < -0.39 is 0 Å². The minimum atomic E-state index is 0.457. The normalized spacial score (nSPS) is 17.2. The van der Waals surface area contributed by atoms with Gasteiger partial charge in [0.1, 0.15) is 17.4 Å². The number of rotatable bonds is 3. The fourth-order valence-corrected chi connectivity index (χ4v) is 3.35. The number of nitrogens with zero attached hydrogens (tertiary/aromatic N) is 4. The largest absolute Gasteiger partial charge is 0.325 e. The van der Waals surface area contributed by atoms with Gasteiger partial charge in [0.05, 0.1) is 11.1 Å². The minimum Gasteiger partial charge on any atom is -0.325 e. The molecule has 0 saturated carbocycles. The number of hydrogen-bond donors (Lipinski definition) is 0. The number of nitriles is 1. The average molecular weight is 303 g/mol. The van der Waals surface area contributed by atoms with Crippen LogP contribution in [-0.4, -0.2) is 40.5 Å². The average Bonchev–Trinajstić information content (AvgIpc) is 2.86. The van der Waals surface area contributed by atoms with E-state index in [2.05, 4.69) is 28.7 Å². The zero-order valence-corrected chi connectivity index (χ0v) is 13.0. The lowest BCUT2D eigenvalue weighted by Crippen LogP contribution is -2.32. The van der Waals surface area contributed by atoms with Crippen LogP contribution < -0.4 is 0 Å². The lowest BCUT2D eigenvalue weighted by Gasteiger charge is -2.31. The maximum absolute atomic E-state index is 9.28. The van der Waals surface area contributed by atoms with E-state index in [1.807, 2.05) is 12.1 Å². The molecule has 2 aromatic rings. The molecule has 0 atom stereocenters. The van der Waals surface area contributed by atoms with Crippen molar-refractivity contribution in [3.8, 4) is 6.07 Å². The quantitative estimate of drug-likeness (QED) is 0.819. The second kappa shape index (κ2) is 6.05. The zero-order valence-electron chi connectivity index (χ0n) is 12.2. The second-order valence-electron chi connectivity index (χ2n) is 5.66.